The third-order valence-electron chi connectivity index (χ3n) is 4.74. The summed E-state index contributed by atoms with van der Waals surface area (Å²) in [6.07, 6.45) is 1.96. The average molecular weight is 429 g/mol. The van der Waals surface area contributed by atoms with Gasteiger partial charge in [-0.1, -0.05) is 37.1 Å². The van der Waals surface area contributed by atoms with E-state index in [4.69, 9.17) is 11.6 Å². The fourth-order valence-corrected chi connectivity index (χ4v) is 5.23. The molecule has 3 nitrogen and oxygen atoms in total. The van der Waals surface area contributed by atoms with Crippen LogP contribution >= 0.6 is 34.3 Å². The zero-order valence-electron chi connectivity index (χ0n) is 15.5. The molecule has 4 aromatic rings. The number of benzene rings is 1. The number of hydrogen-bond acceptors (Lipinski definition) is 3. The first-order chi connectivity index (χ1) is 13.7. The molecule has 28 heavy (non-hydrogen) atoms. The van der Waals surface area contributed by atoms with Crippen LogP contribution in [0.4, 0.5) is 0 Å². The number of carbonyl (C=O) groups is 1. The highest BCUT2D eigenvalue weighted by Crippen LogP contribution is 2.32. The standard InChI is InChI=1S/C22H21ClN2OS2/c1-2-5-17(20-6-3-10-27-20)24-22(26)14-25-18-9-8-16(23)12-15(18)13-19(25)21-7-4-11-28-21/h3-4,6-13,17H,2,5,14H2,1H3,(H,24,26). The lowest BCUT2D eigenvalue weighted by atomic mass is 10.1. The topological polar surface area (TPSA) is 34.0 Å². The molecular weight excluding hydrogens is 408 g/mol. The number of halogens is 1. The van der Waals surface area contributed by atoms with Crippen molar-refractivity contribution in [2.24, 2.45) is 0 Å². The van der Waals surface area contributed by atoms with Gasteiger partial charge in [0.1, 0.15) is 6.54 Å². The number of fused-ring (bicyclic) bond motifs is 1. The van der Waals surface area contributed by atoms with Crippen molar-refractivity contribution in [3.05, 3.63) is 69.2 Å². The predicted octanol–water partition coefficient (Wildman–Crippen LogP) is 6.74. The lowest BCUT2D eigenvalue weighted by Gasteiger charge is -2.18. The van der Waals surface area contributed by atoms with Gasteiger partial charge in [-0.05, 0) is 53.6 Å². The SMILES string of the molecule is CCCC(NC(=O)Cn1c(-c2cccs2)cc2cc(Cl)ccc21)c1cccs1. The van der Waals surface area contributed by atoms with Crippen LogP contribution in [-0.2, 0) is 11.3 Å². The normalized spacial score (nSPS) is 12.4. The quantitative estimate of drug-likeness (QED) is 0.347. The predicted molar refractivity (Wildman–Crippen MR) is 120 cm³/mol. The van der Waals surface area contributed by atoms with Crippen molar-refractivity contribution in [3.8, 4) is 10.6 Å². The van der Waals surface area contributed by atoms with Crippen LogP contribution in [0, 0.1) is 0 Å². The summed E-state index contributed by atoms with van der Waals surface area (Å²) in [5.41, 5.74) is 2.07. The number of thiophene rings is 2. The van der Waals surface area contributed by atoms with Gasteiger partial charge in [-0.25, -0.2) is 0 Å². The second-order valence-electron chi connectivity index (χ2n) is 6.72. The third kappa shape index (κ3) is 4.02. The van der Waals surface area contributed by atoms with Gasteiger partial charge < -0.3 is 9.88 Å². The lowest BCUT2D eigenvalue weighted by molar-refractivity contribution is -0.122. The van der Waals surface area contributed by atoms with Gasteiger partial charge >= 0.3 is 0 Å². The van der Waals surface area contributed by atoms with E-state index in [2.05, 4.69) is 45.8 Å². The van der Waals surface area contributed by atoms with E-state index in [-0.39, 0.29) is 18.5 Å². The fraction of sp³-hybridized carbons (Fsp3) is 0.227. The summed E-state index contributed by atoms with van der Waals surface area (Å²) in [5, 5.41) is 9.10. The first-order valence-electron chi connectivity index (χ1n) is 9.31. The Bertz CT molecular complexity index is 1070. The molecule has 144 valence electrons. The number of hydrogen-bond donors (Lipinski definition) is 1. The van der Waals surface area contributed by atoms with E-state index in [0.29, 0.717) is 5.02 Å². The minimum atomic E-state index is 0.0251. The van der Waals surface area contributed by atoms with E-state index < -0.39 is 0 Å². The maximum Gasteiger partial charge on any atom is 0.240 e. The van der Waals surface area contributed by atoms with Crippen molar-refractivity contribution in [2.45, 2.75) is 32.4 Å². The largest absolute Gasteiger partial charge is 0.347 e. The minimum Gasteiger partial charge on any atom is -0.347 e. The minimum absolute atomic E-state index is 0.0251. The number of nitrogens with zero attached hydrogens (tertiary/aromatic N) is 1. The summed E-state index contributed by atoms with van der Waals surface area (Å²) in [6.45, 7) is 2.43. The molecule has 0 bridgehead atoms. The van der Waals surface area contributed by atoms with E-state index in [1.165, 1.54) is 4.88 Å². The number of carbonyl (C=O) groups excluding carboxylic acids is 1. The van der Waals surface area contributed by atoms with Gasteiger partial charge in [0, 0.05) is 20.8 Å². The van der Waals surface area contributed by atoms with E-state index in [1.54, 1.807) is 22.7 Å². The molecule has 0 aliphatic heterocycles. The van der Waals surface area contributed by atoms with Gasteiger partial charge in [-0.3, -0.25) is 4.79 Å². The number of nitrogens with one attached hydrogen (secondary N) is 1. The highest BCUT2D eigenvalue weighted by Gasteiger charge is 2.18. The summed E-state index contributed by atoms with van der Waals surface area (Å²) < 4.78 is 2.09. The van der Waals surface area contributed by atoms with Gasteiger partial charge in [0.25, 0.3) is 0 Å². The van der Waals surface area contributed by atoms with Crippen LogP contribution in [0.5, 0.6) is 0 Å². The lowest BCUT2D eigenvalue weighted by Crippen LogP contribution is -2.31. The molecule has 3 heterocycles. The zero-order chi connectivity index (χ0) is 19.5. The van der Waals surface area contributed by atoms with Crippen LogP contribution in [-0.4, -0.2) is 10.5 Å². The van der Waals surface area contributed by atoms with Crippen molar-refractivity contribution < 1.29 is 4.79 Å². The first-order valence-corrected chi connectivity index (χ1v) is 11.4. The molecule has 0 radical (unpaired) electrons. The molecule has 0 aliphatic carbocycles. The van der Waals surface area contributed by atoms with Crippen LogP contribution < -0.4 is 5.32 Å². The Morgan fingerprint density at radius 1 is 1.14 bits per heavy atom. The fourth-order valence-electron chi connectivity index (χ4n) is 3.49. The number of amides is 1. The monoisotopic (exact) mass is 428 g/mol. The summed E-state index contributed by atoms with van der Waals surface area (Å²) in [6, 6.07) is 16.2. The highest BCUT2D eigenvalue weighted by atomic mass is 35.5. The van der Waals surface area contributed by atoms with Crippen molar-refractivity contribution >= 4 is 51.1 Å². The van der Waals surface area contributed by atoms with Crippen molar-refractivity contribution in [3.63, 3.8) is 0 Å². The van der Waals surface area contributed by atoms with E-state index in [9.17, 15) is 4.79 Å². The Kier molecular flexibility index (Phi) is 5.85. The van der Waals surface area contributed by atoms with Crippen LogP contribution in [0.2, 0.25) is 5.02 Å². The van der Waals surface area contributed by atoms with Crippen LogP contribution in [0.3, 0.4) is 0 Å². The van der Waals surface area contributed by atoms with Crippen molar-refractivity contribution in [1.29, 1.82) is 0 Å². The molecule has 0 spiro atoms. The Balaban J connectivity index is 1.65. The molecule has 1 atom stereocenters. The number of rotatable bonds is 7. The highest BCUT2D eigenvalue weighted by molar-refractivity contribution is 7.13. The van der Waals surface area contributed by atoms with E-state index in [1.807, 2.05) is 30.3 Å². The molecule has 1 aromatic carbocycles. The summed E-state index contributed by atoms with van der Waals surface area (Å²) in [5.74, 6) is 0.0251. The molecule has 6 heteroatoms. The molecule has 0 fully saturated rings. The summed E-state index contributed by atoms with van der Waals surface area (Å²) >= 11 is 9.55. The summed E-state index contributed by atoms with van der Waals surface area (Å²) in [7, 11) is 0. The molecule has 4 rings (SSSR count). The molecule has 0 saturated carbocycles. The van der Waals surface area contributed by atoms with Gasteiger partial charge in [0.2, 0.25) is 5.91 Å². The maximum atomic E-state index is 13.0. The second-order valence-corrected chi connectivity index (χ2v) is 9.08. The van der Waals surface area contributed by atoms with Crippen molar-refractivity contribution in [1.82, 2.24) is 9.88 Å². The Labute approximate surface area is 177 Å². The summed E-state index contributed by atoms with van der Waals surface area (Å²) in [4.78, 5) is 15.3. The zero-order valence-corrected chi connectivity index (χ0v) is 17.9. The molecule has 0 saturated heterocycles. The Morgan fingerprint density at radius 2 is 1.96 bits per heavy atom. The number of aromatic nitrogens is 1. The molecular formula is C22H21ClN2OS2. The van der Waals surface area contributed by atoms with E-state index in [0.717, 1.165) is 34.3 Å². The van der Waals surface area contributed by atoms with Crippen molar-refractivity contribution in [2.75, 3.05) is 0 Å². The maximum absolute atomic E-state index is 13.0. The smallest absolute Gasteiger partial charge is 0.240 e. The molecule has 0 aliphatic rings. The second kappa shape index (κ2) is 8.52. The Morgan fingerprint density at radius 3 is 2.68 bits per heavy atom. The molecule has 1 amide bonds. The van der Waals surface area contributed by atoms with Crippen LogP contribution in [0.1, 0.15) is 30.7 Å². The first kappa shape index (κ1) is 19.2. The van der Waals surface area contributed by atoms with Crippen LogP contribution in [0.15, 0.2) is 59.3 Å². The third-order valence-corrected chi connectivity index (χ3v) is 6.85. The molecule has 3 aromatic heterocycles. The van der Waals surface area contributed by atoms with Gasteiger partial charge in [0.05, 0.1) is 16.6 Å². The average Bonchev–Trinajstić information content (AvgIpc) is 3.42. The van der Waals surface area contributed by atoms with Gasteiger partial charge in [-0.2, -0.15) is 0 Å². The van der Waals surface area contributed by atoms with E-state index >= 15 is 0 Å². The van der Waals surface area contributed by atoms with Gasteiger partial charge in [-0.15, -0.1) is 22.7 Å². The molecule has 1 N–H and O–H groups in total. The Hall–Kier alpha value is -2.08. The van der Waals surface area contributed by atoms with Crippen LogP contribution in [0.25, 0.3) is 21.5 Å². The van der Waals surface area contributed by atoms with Gasteiger partial charge in [0.15, 0.2) is 0 Å². The molecule has 1 unspecified atom stereocenters.